The zero-order valence-electron chi connectivity index (χ0n) is 14.0. The van der Waals surface area contributed by atoms with Crippen LogP contribution in [0.25, 0.3) is 0 Å². The first-order chi connectivity index (χ1) is 12.7. The smallest absolute Gasteiger partial charge is 0.269 e. The summed E-state index contributed by atoms with van der Waals surface area (Å²) < 4.78 is 6.32. The molecule has 3 aromatic carbocycles. The quantitative estimate of drug-likeness (QED) is 0.495. The van der Waals surface area contributed by atoms with Crippen LogP contribution in [0.1, 0.15) is 40.5 Å². The Morgan fingerprint density at radius 1 is 0.808 bits per heavy atom. The number of ether oxygens (including phenoxy) is 1. The van der Waals surface area contributed by atoms with Crippen LogP contribution in [-0.2, 0) is 0 Å². The summed E-state index contributed by atoms with van der Waals surface area (Å²) in [5.41, 5.74) is 5.57. The van der Waals surface area contributed by atoms with Crippen LogP contribution in [0.15, 0.2) is 72.8 Å². The second-order valence-corrected chi connectivity index (χ2v) is 6.93. The molecule has 0 saturated heterocycles. The summed E-state index contributed by atoms with van der Waals surface area (Å²) in [6.07, 6.45) is 0.960. The Morgan fingerprint density at radius 3 is 1.88 bits per heavy atom. The van der Waals surface area contributed by atoms with Crippen molar-refractivity contribution in [2.24, 2.45) is 0 Å². The molecular formula is C22H17NO3. The topological polar surface area (TPSA) is 52.4 Å². The first-order valence-corrected chi connectivity index (χ1v) is 8.81. The predicted molar refractivity (Wildman–Crippen MR) is 98.7 cm³/mol. The third-order valence-electron chi connectivity index (χ3n) is 5.59. The maximum atomic E-state index is 10.8. The van der Waals surface area contributed by atoms with E-state index < -0.39 is 4.92 Å². The van der Waals surface area contributed by atoms with Crippen molar-refractivity contribution in [3.8, 4) is 5.75 Å². The summed E-state index contributed by atoms with van der Waals surface area (Å²) in [5.74, 6) is 1.22. The van der Waals surface area contributed by atoms with Gasteiger partial charge < -0.3 is 4.74 Å². The molecule has 0 N–H and O–H groups in total. The van der Waals surface area contributed by atoms with Crippen molar-refractivity contribution in [3.63, 3.8) is 0 Å². The molecule has 3 aliphatic rings. The normalized spacial score (nSPS) is 22.4. The predicted octanol–water partition coefficient (Wildman–Crippen LogP) is 5.02. The van der Waals surface area contributed by atoms with E-state index >= 15 is 0 Å². The summed E-state index contributed by atoms with van der Waals surface area (Å²) in [6.45, 7) is 0. The maximum absolute atomic E-state index is 10.8. The van der Waals surface area contributed by atoms with Crippen molar-refractivity contribution in [1.82, 2.24) is 0 Å². The fraction of sp³-hybridized carbons (Fsp3) is 0.182. The van der Waals surface area contributed by atoms with Gasteiger partial charge in [-0.2, -0.15) is 0 Å². The van der Waals surface area contributed by atoms with Crippen molar-refractivity contribution in [1.29, 1.82) is 0 Å². The van der Waals surface area contributed by atoms with E-state index in [1.165, 1.54) is 34.4 Å². The van der Waals surface area contributed by atoms with Crippen LogP contribution in [0.5, 0.6) is 5.75 Å². The highest BCUT2D eigenvalue weighted by atomic mass is 16.6. The van der Waals surface area contributed by atoms with Gasteiger partial charge in [0.1, 0.15) is 11.9 Å². The number of hydrogen-bond acceptors (Lipinski definition) is 3. The van der Waals surface area contributed by atoms with E-state index in [9.17, 15) is 10.1 Å². The Morgan fingerprint density at radius 2 is 1.35 bits per heavy atom. The molecule has 0 saturated carbocycles. The minimum absolute atomic E-state index is 0.0336. The van der Waals surface area contributed by atoms with Gasteiger partial charge in [0.05, 0.1) is 4.92 Å². The van der Waals surface area contributed by atoms with Gasteiger partial charge in [-0.1, -0.05) is 48.5 Å². The number of nitro benzene ring substituents is 1. The van der Waals surface area contributed by atoms with Crippen LogP contribution in [0, 0.1) is 10.1 Å². The molecule has 128 valence electrons. The van der Waals surface area contributed by atoms with Crippen molar-refractivity contribution in [3.05, 3.63) is 105 Å². The molecule has 0 fully saturated rings. The number of nitrogens with zero attached hydrogens (tertiary/aromatic N) is 1. The maximum Gasteiger partial charge on any atom is 0.269 e. The molecular weight excluding hydrogens is 326 g/mol. The number of benzene rings is 3. The van der Waals surface area contributed by atoms with Gasteiger partial charge in [-0.25, -0.2) is 0 Å². The van der Waals surface area contributed by atoms with Crippen LogP contribution in [0.3, 0.4) is 0 Å². The molecule has 3 aliphatic carbocycles. The number of hydrogen-bond donors (Lipinski definition) is 0. The van der Waals surface area contributed by atoms with E-state index in [0.717, 1.165) is 6.42 Å². The lowest BCUT2D eigenvalue weighted by molar-refractivity contribution is -0.384. The monoisotopic (exact) mass is 343 g/mol. The van der Waals surface area contributed by atoms with Crippen LogP contribution in [0.2, 0.25) is 0 Å². The molecule has 0 spiro atoms. The summed E-state index contributed by atoms with van der Waals surface area (Å²) in [4.78, 5) is 10.5. The minimum Gasteiger partial charge on any atom is -0.489 e. The summed E-state index contributed by atoms with van der Waals surface area (Å²) >= 11 is 0. The standard InChI is InChI=1S/C22H17NO3/c24-23(25)14-9-11-15(12-10-14)26-21-13-20-16-5-1-3-7-18(16)22(21)19-8-4-2-6-17(19)20/h1-12,20-22H,13H2. The fourth-order valence-corrected chi connectivity index (χ4v) is 4.52. The molecule has 1 atom stereocenters. The van der Waals surface area contributed by atoms with Crippen molar-refractivity contribution in [2.75, 3.05) is 0 Å². The van der Waals surface area contributed by atoms with Gasteiger partial charge in [-0.3, -0.25) is 10.1 Å². The molecule has 26 heavy (non-hydrogen) atoms. The molecule has 0 radical (unpaired) electrons. The summed E-state index contributed by atoms with van der Waals surface area (Å²) in [7, 11) is 0. The van der Waals surface area contributed by atoms with Gasteiger partial charge in [-0.05, 0) is 40.8 Å². The van der Waals surface area contributed by atoms with Gasteiger partial charge in [0.25, 0.3) is 5.69 Å². The molecule has 3 aromatic rings. The molecule has 0 heterocycles. The summed E-state index contributed by atoms with van der Waals surface area (Å²) in [5, 5.41) is 10.8. The third-order valence-corrected chi connectivity index (χ3v) is 5.59. The van der Waals surface area contributed by atoms with Gasteiger partial charge in [0.2, 0.25) is 0 Å². The van der Waals surface area contributed by atoms with Crippen molar-refractivity contribution < 1.29 is 9.66 Å². The zero-order chi connectivity index (χ0) is 17.7. The zero-order valence-corrected chi connectivity index (χ0v) is 14.0. The van der Waals surface area contributed by atoms with Gasteiger partial charge in [0, 0.05) is 24.0 Å². The van der Waals surface area contributed by atoms with E-state index in [4.69, 9.17) is 4.74 Å². The Hall–Kier alpha value is -3.14. The second kappa shape index (κ2) is 5.70. The molecule has 4 heteroatoms. The number of nitro groups is 1. The third kappa shape index (κ3) is 2.22. The molecule has 2 bridgehead atoms. The Kier molecular flexibility index (Phi) is 3.32. The number of rotatable bonds is 3. The first kappa shape index (κ1) is 15.1. The number of fused-ring (bicyclic) bond motifs is 1. The van der Waals surface area contributed by atoms with E-state index in [0.29, 0.717) is 11.7 Å². The average molecular weight is 343 g/mol. The molecule has 1 unspecified atom stereocenters. The highest BCUT2D eigenvalue weighted by Crippen LogP contribution is 2.53. The van der Waals surface area contributed by atoms with Crippen LogP contribution in [0.4, 0.5) is 5.69 Å². The Labute approximate surface area is 151 Å². The van der Waals surface area contributed by atoms with E-state index in [1.807, 2.05) is 0 Å². The highest BCUT2D eigenvalue weighted by Gasteiger charge is 2.44. The Balaban J connectivity index is 1.53. The van der Waals surface area contributed by atoms with Crippen molar-refractivity contribution >= 4 is 5.69 Å². The second-order valence-electron chi connectivity index (χ2n) is 6.93. The van der Waals surface area contributed by atoms with Gasteiger partial charge in [0.15, 0.2) is 0 Å². The lowest BCUT2D eigenvalue weighted by atomic mass is 9.62. The van der Waals surface area contributed by atoms with Crippen molar-refractivity contribution in [2.45, 2.75) is 24.4 Å². The van der Waals surface area contributed by atoms with E-state index in [-0.39, 0.29) is 17.7 Å². The molecule has 6 rings (SSSR count). The first-order valence-electron chi connectivity index (χ1n) is 8.81. The van der Waals surface area contributed by atoms with E-state index in [2.05, 4.69) is 48.5 Å². The lowest BCUT2D eigenvalue weighted by Gasteiger charge is -2.45. The fourth-order valence-electron chi connectivity index (χ4n) is 4.52. The van der Waals surface area contributed by atoms with E-state index in [1.54, 1.807) is 12.1 Å². The van der Waals surface area contributed by atoms with Crippen LogP contribution in [-0.4, -0.2) is 11.0 Å². The average Bonchev–Trinajstić information content (AvgIpc) is 2.69. The minimum atomic E-state index is -0.390. The Bertz CT molecular complexity index is 949. The largest absolute Gasteiger partial charge is 0.489 e. The van der Waals surface area contributed by atoms with Crippen LogP contribution >= 0.6 is 0 Å². The molecule has 0 amide bonds. The van der Waals surface area contributed by atoms with Crippen LogP contribution < -0.4 is 4.74 Å². The molecule has 0 aliphatic heterocycles. The molecule has 0 aromatic heterocycles. The van der Waals surface area contributed by atoms with Gasteiger partial charge in [-0.15, -0.1) is 0 Å². The summed E-state index contributed by atoms with van der Waals surface area (Å²) in [6, 6.07) is 23.6. The number of non-ortho nitro benzene ring substituents is 1. The highest BCUT2D eigenvalue weighted by molar-refractivity contribution is 5.56. The lowest BCUT2D eigenvalue weighted by Crippen LogP contribution is -2.39. The SMILES string of the molecule is O=[N+]([O-])c1ccc(OC2CC3c4ccccc4C2c2ccccc23)cc1. The van der Waals surface area contributed by atoms with Gasteiger partial charge >= 0.3 is 0 Å². The molecule has 4 nitrogen and oxygen atoms in total.